The molecule has 0 atom stereocenters. The van der Waals surface area contributed by atoms with Crippen LogP contribution in [-0.2, 0) is 0 Å². The lowest BCUT2D eigenvalue weighted by molar-refractivity contribution is 0.103. The van der Waals surface area contributed by atoms with E-state index in [-0.39, 0.29) is 5.78 Å². The first-order valence-corrected chi connectivity index (χ1v) is 6.48. The van der Waals surface area contributed by atoms with Crippen LogP contribution in [0.5, 0.6) is 11.5 Å². The van der Waals surface area contributed by atoms with E-state index in [1.807, 2.05) is 18.2 Å². The number of hydrogen-bond donors (Lipinski definition) is 0. The van der Waals surface area contributed by atoms with Crippen molar-refractivity contribution in [3.05, 3.63) is 58.1 Å². The van der Waals surface area contributed by atoms with Crippen LogP contribution in [0.4, 0.5) is 0 Å². The molecule has 0 N–H and O–H groups in total. The summed E-state index contributed by atoms with van der Waals surface area (Å²) < 4.78 is 11.1. The van der Waals surface area contributed by atoms with Crippen molar-refractivity contribution in [1.82, 2.24) is 0 Å². The van der Waals surface area contributed by atoms with Crippen LogP contribution in [0.15, 0.2) is 46.9 Å². The Bertz CT molecular complexity index is 608. The van der Waals surface area contributed by atoms with Gasteiger partial charge in [0.2, 0.25) is 0 Å². The molecule has 0 bridgehead atoms. The van der Waals surface area contributed by atoms with Crippen LogP contribution < -0.4 is 9.47 Å². The average molecular weight is 321 g/mol. The highest BCUT2D eigenvalue weighted by atomic mass is 79.9. The highest BCUT2D eigenvalue weighted by molar-refractivity contribution is 9.10. The Labute approximate surface area is 120 Å². The predicted molar refractivity (Wildman–Crippen MR) is 77.1 cm³/mol. The zero-order chi connectivity index (χ0) is 13.8. The zero-order valence-electron chi connectivity index (χ0n) is 10.6. The van der Waals surface area contributed by atoms with Gasteiger partial charge in [-0.25, -0.2) is 0 Å². The molecule has 0 fully saturated rings. The van der Waals surface area contributed by atoms with Crippen LogP contribution in [0.1, 0.15) is 15.9 Å². The molecule has 0 saturated heterocycles. The number of methoxy groups -OCH3 is 2. The Morgan fingerprint density at radius 3 is 2.37 bits per heavy atom. The maximum Gasteiger partial charge on any atom is 0.198 e. The molecule has 0 aliphatic carbocycles. The topological polar surface area (TPSA) is 35.5 Å². The van der Waals surface area contributed by atoms with Gasteiger partial charge in [0.25, 0.3) is 0 Å². The van der Waals surface area contributed by atoms with Gasteiger partial charge in [0, 0.05) is 10.0 Å². The van der Waals surface area contributed by atoms with Crippen molar-refractivity contribution in [2.24, 2.45) is 0 Å². The SMILES string of the molecule is COc1ccc(OC)c(C(=O)c2ccccc2Br)c1. The van der Waals surface area contributed by atoms with Gasteiger partial charge in [-0.3, -0.25) is 4.79 Å². The molecular formula is C15H13BrO3. The van der Waals surface area contributed by atoms with E-state index in [2.05, 4.69) is 15.9 Å². The summed E-state index contributed by atoms with van der Waals surface area (Å²) in [7, 11) is 3.10. The van der Waals surface area contributed by atoms with Crippen molar-refractivity contribution >= 4 is 21.7 Å². The Kier molecular flexibility index (Phi) is 4.22. The fourth-order valence-electron chi connectivity index (χ4n) is 1.78. The molecule has 0 saturated carbocycles. The lowest BCUT2D eigenvalue weighted by Crippen LogP contribution is -2.05. The second kappa shape index (κ2) is 5.89. The molecular weight excluding hydrogens is 308 g/mol. The van der Waals surface area contributed by atoms with E-state index in [0.717, 1.165) is 4.47 Å². The smallest absolute Gasteiger partial charge is 0.198 e. The fourth-order valence-corrected chi connectivity index (χ4v) is 2.25. The minimum absolute atomic E-state index is 0.108. The molecule has 4 heteroatoms. The van der Waals surface area contributed by atoms with Gasteiger partial charge in [-0.1, -0.05) is 28.1 Å². The van der Waals surface area contributed by atoms with Crippen molar-refractivity contribution in [2.75, 3.05) is 14.2 Å². The van der Waals surface area contributed by atoms with Crippen LogP contribution in [-0.4, -0.2) is 20.0 Å². The van der Waals surface area contributed by atoms with Crippen LogP contribution in [0.2, 0.25) is 0 Å². The lowest BCUT2D eigenvalue weighted by Gasteiger charge is -2.10. The second-order valence-corrected chi connectivity index (χ2v) is 4.73. The van der Waals surface area contributed by atoms with Crippen LogP contribution in [0.25, 0.3) is 0 Å². The molecule has 0 spiro atoms. The minimum Gasteiger partial charge on any atom is -0.497 e. The molecule has 0 unspecified atom stereocenters. The van der Waals surface area contributed by atoms with Crippen LogP contribution in [0.3, 0.4) is 0 Å². The summed E-state index contributed by atoms with van der Waals surface area (Å²) >= 11 is 3.38. The number of carbonyl (C=O) groups is 1. The van der Waals surface area contributed by atoms with E-state index < -0.39 is 0 Å². The minimum atomic E-state index is -0.108. The number of benzene rings is 2. The summed E-state index contributed by atoms with van der Waals surface area (Å²) in [5.74, 6) is 1.04. The molecule has 0 heterocycles. The lowest BCUT2D eigenvalue weighted by atomic mass is 10.0. The van der Waals surface area contributed by atoms with Crippen molar-refractivity contribution in [3.63, 3.8) is 0 Å². The highest BCUT2D eigenvalue weighted by Crippen LogP contribution is 2.28. The van der Waals surface area contributed by atoms with E-state index >= 15 is 0 Å². The maximum atomic E-state index is 12.5. The van der Waals surface area contributed by atoms with Gasteiger partial charge in [0.05, 0.1) is 19.8 Å². The number of rotatable bonds is 4. The molecule has 3 nitrogen and oxygen atoms in total. The second-order valence-electron chi connectivity index (χ2n) is 3.88. The normalized spacial score (nSPS) is 10.1. The highest BCUT2D eigenvalue weighted by Gasteiger charge is 2.17. The largest absolute Gasteiger partial charge is 0.497 e. The number of ether oxygens (including phenoxy) is 2. The van der Waals surface area contributed by atoms with E-state index in [1.54, 1.807) is 38.5 Å². The Hall–Kier alpha value is -1.81. The van der Waals surface area contributed by atoms with Gasteiger partial charge in [0.15, 0.2) is 5.78 Å². The third kappa shape index (κ3) is 2.79. The van der Waals surface area contributed by atoms with Gasteiger partial charge in [-0.2, -0.15) is 0 Å². The number of halogens is 1. The molecule has 0 amide bonds. The summed E-state index contributed by atoms with van der Waals surface area (Å²) in [6.45, 7) is 0. The number of ketones is 1. The van der Waals surface area contributed by atoms with E-state index in [4.69, 9.17) is 9.47 Å². The summed E-state index contributed by atoms with van der Waals surface area (Å²) in [6, 6.07) is 12.5. The zero-order valence-corrected chi connectivity index (χ0v) is 12.2. The standard InChI is InChI=1S/C15H13BrO3/c1-18-10-7-8-14(19-2)12(9-10)15(17)11-5-3-4-6-13(11)16/h3-9H,1-2H3. The maximum absolute atomic E-state index is 12.5. The van der Waals surface area contributed by atoms with Gasteiger partial charge >= 0.3 is 0 Å². The van der Waals surface area contributed by atoms with E-state index in [1.165, 1.54) is 0 Å². The fraction of sp³-hybridized carbons (Fsp3) is 0.133. The predicted octanol–water partition coefficient (Wildman–Crippen LogP) is 3.70. The van der Waals surface area contributed by atoms with Gasteiger partial charge in [-0.15, -0.1) is 0 Å². The number of carbonyl (C=O) groups excluding carboxylic acids is 1. The van der Waals surface area contributed by atoms with Crippen molar-refractivity contribution in [2.45, 2.75) is 0 Å². The van der Waals surface area contributed by atoms with E-state index in [0.29, 0.717) is 22.6 Å². The Morgan fingerprint density at radius 1 is 1.00 bits per heavy atom. The number of hydrogen-bond acceptors (Lipinski definition) is 3. The molecule has 98 valence electrons. The monoisotopic (exact) mass is 320 g/mol. The summed E-state index contributed by atoms with van der Waals surface area (Å²) in [4.78, 5) is 12.5. The van der Waals surface area contributed by atoms with Gasteiger partial charge in [-0.05, 0) is 30.3 Å². The van der Waals surface area contributed by atoms with Crippen LogP contribution >= 0.6 is 15.9 Å². The third-order valence-corrected chi connectivity index (χ3v) is 3.46. The molecule has 2 rings (SSSR count). The molecule has 0 radical (unpaired) electrons. The molecule has 19 heavy (non-hydrogen) atoms. The Balaban J connectivity index is 2.51. The molecule has 0 aliphatic rings. The first-order valence-electron chi connectivity index (χ1n) is 5.68. The molecule has 2 aromatic rings. The quantitative estimate of drug-likeness (QED) is 0.806. The summed E-state index contributed by atoms with van der Waals surface area (Å²) in [5, 5.41) is 0. The summed E-state index contributed by atoms with van der Waals surface area (Å²) in [6.07, 6.45) is 0. The molecule has 0 aromatic heterocycles. The summed E-state index contributed by atoms with van der Waals surface area (Å²) in [5.41, 5.74) is 1.07. The van der Waals surface area contributed by atoms with Crippen molar-refractivity contribution in [1.29, 1.82) is 0 Å². The van der Waals surface area contributed by atoms with Crippen molar-refractivity contribution in [3.8, 4) is 11.5 Å². The first kappa shape index (κ1) is 13.6. The van der Waals surface area contributed by atoms with Crippen molar-refractivity contribution < 1.29 is 14.3 Å². The third-order valence-electron chi connectivity index (χ3n) is 2.77. The molecule has 2 aromatic carbocycles. The van der Waals surface area contributed by atoms with E-state index in [9.17, 15) is 4.79 Å². The Morgan fingerprint density at radius 2 is 1.74 bits per heavy atom. The average Bonchev–Trinajstić information content (AvgIpc) is 2.46. The molecule has 0 aliphatic heterocycles. The van der Waals surface area contributed by atoms with Gasteiger partial charge < -0.3 is 9.47 Å². The van der Waals surface area contributed by atoms with Gasteiger partial charge in [0.1, 0.15) is 11.5 Å². The van der Waals surface area contributed by atoms with Crippen LogP contribution in [0, 0.1) is 0 Å². The first-order chi connectivity index (χ1) is 9.17.